The van der Waals surface area contributed by atoms with Crippen molar-refractivity contribution in [3.05, 3.63) is 75.8 Å². The lowest BCUT2D eigenvalue weighted by atomic mass is 10.0. The predicted octanol–water partition coefficient (Wildman–Crippen LogP) is 3.86. The molecule has 0 spiro atoms. The molecule has 0 radical (unpaired) electrons. The van der Waals surface area contributed by atoms with Crippen LogP contribution in [0.3, 0.4) is 0 Å². The number of rotatable bonds is 6. The summed E-state index contributed by atoms with van der Waals surface area (Å²) >= 11 is 0. The number of anilines is 1. The average molecular weight is 500 g/mol. The number of fused-ring (bicyclic) bond motifs is 1. The van der Waals surface area contributed by atoms with Gasteiger partial charge in [-0.1, -0.05) is 36.6 Å². The highest BCUT2D eigenvalue weighted by atomic mass is 16.5. The smallest absolute Gasteiger partial charge is 0.253 e. The Morgan fingerprint density at radius 3 is 2.59 bits per heavy atom. The molecule has 9 nitrogen and oxygen atoms in total. The fourth-order valence-corrected chi connectivity index (χ4v) is 5.95. The summed E-state index contributed by atoms with van der Waals surface area (Å²) in [5.74, 6) is 1.63. The summed E-state index contributed by atoms with van der Waals surface area (Å²) in [6, 6.07) is 16.2. The highest BCUT2D eigenvalue weighted by Crippen LogP contribution is 2.35. The van der Waals surface area contributed by atoms with E-state index in [4.69, 9.17) is 4.74 Å². The van der Waals surface area contributed by atoms with Gasteiger partial charge in [0.2, 0.25) is 0 Å². The van der Waals surface area contributed by atoms with E-state index in [9.17, 15) is 4.79 Å². The van der Waals surface area contributed by atoms with Gasteiger partial charge in [0.25, 0.3) is 5.56 Å². The van der Waals surface area contributed by atoms with Crippen LogP contribution in [-0.4, -0.2) is 63.4 Å². The van der Waals surface area contributed by atoms with Crippen LogP contribution in [0.1, 0.15) is 54.7 Å². The van der Waals surface area contributed by atoms with Gasteiger partial charge in [0.1, 0.15) is 11.8 Å². The summed E-state index contributed by atoms with van der Waals surface area (Å²) in [4.78, 5) is 21.3. The van der Waals surface area contributed by atoms with Crippen molar-refractivity contribution in [2.75, 3.05) is 38.2 Å². The number of para-hydroxylation sites is 2. The van der Waals surface area contributed by atoms with Crippen LogP contribution in [0.4, 0.5) is 5.69 Å². The van der Waals surface area contributed by atoms with Crippen molar-refractivity contribution < 1.29 is 4.74 Å². The maximum Gasteiger partial charge on any atom is 0.253 e. The van der Waals surface area contributed by atoms with Gasteiger partial charge in [-0.3, -0.25) is 9.69 Å². The molecule has 0 amide bonds. The third kappa shape index (κ3) is 4.48. The van der Waals surface area contributed by atoms with Gasteiger partial charge in [0, 0.05) is 37.3 Å². The van der Waals surface area contributed by atoms with Crippen LogP contribution in [0.25, 0.3) is 10.9 Å². The van der Waals surface area contributed by atoms with Crippen molar-refractivity contribution >= 4 is 16.6 Å². The molecule has 9 heteroatoms. The van der Waals surface area contributed by atoms with Crippen LogP contribution in [0.2, 0.25) is 0 Å². The van der Waals surface area contributed by atoms with Gasteiger partial charge < -0.3 is 14.6 Å². The minimum atomic E-state index is -0.330. The summed E-state index contributed by atoms with van der Waals surface area (Å²) in [6.45, 7) is 5.23. The SMILES string of the molecule is COc1ccccc1N1CCN([C@@H](c2cc3cc(C)ccc3[nH]c2=O)c2nnnn2C2CCCC2)CC1. The molecule has 37 heavy (non-hydrogen) atoms. The number of nitrogens with zero attached hydrogens (tertiary/aromatic N) is 6. The molecular weight excluding hydrogens is 466 g/mol. The van der Waals surface area contributed by atoms with Crippen LogP contribution in [0, 0.1) is 6.92 Å². The van der Waals surface area contributed by atoms with Crippen molar-refractivity contribution in [3.8, 4) is 5.75 Å². The summed E-state index contributed by atoms with van der Waals surface area (Å²) < 4.78 is 7.60. The first-order chi connectivity index (χ1) is 18.1. The molecule has 1 N–H and O–H groups in total. The Bertz CT molecular complexity index is 1450. The van der Waals surface area contributed by atoms with E-state index in [0.29, 0.717) is 5.56 Å². The standard InChI is InChI=1S/C28H33N7O2/c1-19-11-12-23-20(17-19)18-22(28(36)29-23)26(27-30-31-32-35(27)21-7-3-4-8-21)34-15-13-33(14-16-34)24-9-5-6-10-25(24)37-2/h5-6,9-12,17-18,21,26H,3-4,7-8,13-16H2,1-2H3,(H,29,36)/t26-/m0/s1. The number of tetrazole rings is 1. The molecule has 1 atom stereocenters. The van der Waals surface area contributed by atoms with E-state index in [1.807, 2.05) is 41.1 Å². The fraction of sp³-hybridized carbons (Fsp3) is 0.429. The highest BCUT2D eigenvalue weighted by molar-refractivity contribution is 5.79. The molecule has 2 aromatic carbocycles. The lowest BCUT2D eigenvalue weighted by Crippen LogP contribution is -2.49. The molecule has 1 saturated carbocycles. The topological polar surface area (TPSA) is 92.2 Å². The normalized spacial score (nSPS) is 17.9. The van der Waals surface area contributed by atoms with Gasteiger partial charge in [-0.25, -0.2) is 4.68 Å². The number of H-pyrrole nitrogens is 1. The molecule has 1 saturated heterocycles. The van der Waals surface area contributed by atoms with Crippen molar-refractivity contribution in [2.24, 2.45) is 0 Å². The van der Waals surface area contributed by atoms with E-state index in [-0.39, 0.29) is 17.6 Å². The molecule has 2 aliphatic rings. The molecule has 4 aromatic rings. The second-order valence-electron chi connectivity index (χ2n) is 10.2. The summed E-state index contributed by atoms with van der Waals surface area (Å²) in [5.41, 5.74) is 3.70. The number of aromatic amines is 1. The Labute approximate surface area is 216 Å². The monoisotopic (exact) mass is 499 g/mol. The van der Waals surface area contributed by atoms with Gasteiger partial charge in [-0.15, -0.1) is 5.10 Å². The third-order valence-corrected chi connectivity index (χ3v) is 7.86. The molecule has 0 bridgehead atoms. The second kappa shape index (κ2) is 9.97. The quantitative estimate of drug-likeness (QED) is 0.431. The summed E-state index contributed by atoms with van der Waals surface area (Å²) in [5, 5.41) is 14.1. The van der Waals surface area contributed by atoms with Crippen molar-refractivity contribution in [1.82, 2.24) is 30.1 Å². The van der Waals surface area contributed by atoms with Crippen molar-refractivity contribution in [1.29, 1.82) is 0 Å². The Kier molecular flexibility index (Phi) is 6.38. The summed E-state index contributed by atoms with van der Waals surface area (Å²) in [6.07, 6.45) is 4.50. The Hall–Kier alpha value is -3.72. The molecule has 1 aliphatic carbocycles. The Balaban J connectivity index is 1.39. The average Bonchev–Trinajstić information content (AvgIpc) is 3.62. The molecule has 3 heterocycles. The second-order valence-corrected chi connectivity index (χ2v) is 10.2. The number of piperazine rings is 1. The van der Waals surface area contributed by atoms with Gasteiger partial charge in [-0.2, -0.15) is 0 Å². The van der Waals surface area contributed by atoms with Crippen LogP contribution in [0.15, 0.2) is 53.3 Å². The Morgan fingerprint density at radius 1 is 1.03 bits per heavy atom. The first-order valence-electron chi connectivity index (χ1n) is 13.2. The van der Waals surface area contributed by atoms with Crippen LogP contribution >= 0.6 is 0 Å². The summed E-state index contributed by atoms with van der Waals surface area (Å²) in [7, 11) is 1.71. The van der Waals surface area contributed by atoms with E-state index in [0.717, 1.165) is 72.7 Å². The van der Waals surface area contributed by atoms with Crippen LogP contribution < -0.4 is 15.2 Å². The van der Waals surface area contributed by atoms with Crippen molar-refractivity contribution in [3.63, 3.8) is 0 Å². The zero-order valence-corrected chi connectivity index (χ0v) is 21.4. The maximum atomic E-state index is 13.5. The fourth-order valence-electron chi connectivity index (χ4n) is 5.95. The van der Waals surface area contributed by atoms with Crippen LogP contribution in [0.5, 0.6) is 5.75 Å². The lowest BCUT2D eigenvalue weighted by Gasteiger charge is -2.40. The van der Waals surface area contributed by atoms with E-state index >= 15 is 0 Å². The molecule has 2 fully saturated rings. The number of ether oxygens (including phenoxy) is 1. The number of aryl methyl sites for hydroxylation is 1. The minimum absolute atomic E-state index is 0.0884. The van der Waals surface area contributed by atoms with Gasteiger partial charge >= 0.3 is 0 Å². The number of hydrogen-bond acceptors (Lipinski definition) is 7. The maximum absolute atomic E-state index is 13.5. The molecule has 6 rings (SSSR count). The third-order valence-electron chi connectivity index (χ3n) is 7.86. The number of nitrogens with one attached hydrogen (secondary N) is 1. The molecule has 2 aromatic heterocycles. The number of benzene rings is 2. The first-order valence-corrected chi connectivity index (χ1v) is 13.2. The van der Waals surface area contributed by atoms with Gasteiger partial charge in [0.15, 0.2) is 5.82 Å². The van der Waals surface area contributed by atoms with E-state index < -0.39 is 0 Å². The van der Waals surface area contributed by atoms with E-state index in [2.05, 4.69) is 49.4 Å². The number of aromatic nitrogens is 5. The largest absolute Gasteiger partial charge is 0.495 e. The molecule has 1 aliphatic heterocycles. The highest BCUT2D eigenvalue weighted by Gasteiger charge is 2.35. The zero-order valence-electron chi connectivity index (χ0n) is 21.4. The van der Waals surface area contributed by atoms with E-state index in [1.165, 1.54) is 12.8 Å². The Morgan fingerprint density at radius 2 is 1.81 bits per heavy atom. The number of pyridine rings is 1. The lowest BCUT2D eigenvalue weighted by molar-refractivity contribution is 0.196. The molecular formula is C28H33N7O2. The first kappa shape index (κ1) is 23.7. The predicted molar refractivity (Wildman–Crippen MR) is 143 cm³/mol. The number of hydrogen-bond donors (Lipinski definition) is 1. The molecule has 192 valence electrons. The number of methoxy groups -OCH3 is 1. The van der Waals surface area contributed by atoms with Gasteiger partial charge in [0.05, 0.1) is 18.8 Å². The van der Waals surface area contributed by atoms with E-state index in [1.54, 1.807) is 7.11 Å². The molecule has 0 unspecified atom stereocenters. The van der Waals surface area contributed by atoms with Crippen molar-refractivity contribution in [2.45, 2.75) is 44.7 Å². The minimum Gasteiger partial charge on any atom is -0.495 e. The van der Waals surface area contributed by atoms with Gasteiger partial charge in [-0.05, 0) is 65.9 Å². The van der Waals surface area contributed by atoms with Crippen LogP contribution in [-0.2, 0) is 0 Å². The zero-order chi connectivity index (χ0) is 25.4.